The van der Waals surface area contributed by atoms with Crippen molar-refractivity contribution in [2.24, 2.45) is 0 Å². The highest BCUT2D eigenvalue weighted by Crippen LogP contribution is 2.21. The van der Waals surface area contributed by atoms with Crippen LogP contribution in [0.1, 0.15) is 11.1 Å². The molecule has 0 amide bonds. The number of rotatable bonds is 8. The van der Waals surface area contributed by atoms with Gasteiger partial charge in [-0.15, -0.1) is 0 Å². The van der Waals surface area contributed by atoms with Crippen LogP contribution in [-0.2, 0) is 35.2 Å². The standard InChI is InChI=1S/C26H36O5S2/c1-3-7-23(8-4-1)19-32-21-25-26(22-33-20-24-9-5-2-6-10-24)31-18-16-29-14-12-27-11-13-28-15-17-30-25/h1-10,25-26H,11-22H2/t25-,26-/m0/s1. The molecule has 0 saturated carbocycles. The van der Waals surface area contributed by atoms with E-state index >= 15 is 0 Å². The number of hydrogen-bond donors (Lipinski definition) is 0. The monoisotopic (exact) mass is 492 g/mol. The summed E-state index contributed by atoms with van der Waals surface area (Å²) in [5, 5.41) is 0. The summed E-state index contributed by atoms with van der Waals surface area (Å²) in [6.45, 7) is 4.52. The second-order valence-electron chi connectivity index (χ2n) is 7.66. The van der Waals surface area contributed by atoms with Gasteiger partial charge in [0.15, 0.2) is 0 Å². The predicted octanol–water partition coefficient (Wildman–Crippen LogP) is 4.69. The lowest BCUT2D eigenvalue weighted by Gasteiger charge is -2.27. The topological polar surface area (TPSA) is 46.2 Å². The SMILES string of the molecule is c1ccc(CSC[C@@H]2OCCOCCOCCOCCO[C@H]2CSCc2ccccc2)cc1. The van der Waals surface area contributed by atoms with Crippen molar-refractivity contribution in [3.63, 3.8) is 0 Å². The molecule has 0 aromatic heterocycles. The first-order valence-corrected chi connectivity index (χ1v) is 13.9. The minimum absolute atomic E-state index is 0.00744. The van der Waals surface area contributed by atoms with E-state index in [1.54, 1.807) is 0 Å². The summed E-state index contributed by atoms with van der Waals surface area (Å²) in [4.78, 5) is 0. The molecular weight excluding hydrogens is 456 g/mol. The Morgan fingerprint density at radius 1 is 0.515 bits per heavy atom. The zero-order valence-electron chi connectivity index (χ0n) is 19.3. The molecule has 1 fully saturated rings. The Kier molecular flexibility index (Phi) is 14.0. The zero-order chi connectivity index (χ0) is 22.8. The van der Waals surface area contributed by atoms with E-state index in [0.29, 0.717) is 52.9 Å². The summed E-state index contributed by atoms with van der Waals surface area (Å²) in [7, 11) is 0. The molecule has 3 rings (SSSR count). The lowest BCUT2D eigenvalue weighted by Crippen LogP contribution is -2.37. The van der Waals surface area contributed by atoms with Gasteiger partial charge in [-0.05, 0) is 11.1 Å². The molecule has 182 valence electrons. The van der Waals surface area contributed by atoms with Gasteiger partial charge in [-0.25, -0.2) is 0 Å². The Morgan fingerprint density at radius 2 is 0.879 bits per heavy atom. The van der Waals surface area contributed by atoms with Gasteiger partial charge in [0.2, 0.25) is 0 Å². The van der Waals surface area contributed by atoms with Crippen LogP contribution in [0.15, 0.2) is 60.7 Å². The van der Waals surface area contributed by atoms with Gasteiger partial charge in [-0.1, -0.05) is 60.7 Å². The van der Waals surface area contributed by atoms with Crippen LogP contribution in [0.4, 0.5) is 0 Å². The van der Waals surface area contributed by atoms with Crippen molar-refractivity contribution in [3.8, 4) is 0 Å². The molecular formula is C26H36O5S2. The average molecular weight is 493 g/mol. The molecule has 2 aromatic rings. The molecule has 0 bridgehead atoms. The summed E-state index contributed by atoms with van der Waals surface area (Å²) < 4.78 is 29.4. The summed E-state index contributed by atoms with van der Waals surface area (Å²) >= 11 is 3.78. The van der Waals surface area contributed by atoms with E-state index in [2.05, 4.69) is 60.7 Å². The van der Waals surface area contributed by atoms with Crippen molar-refractivity contribution in [3.05, 3.63) is 71.8 Å². The van der Waals surface area contributed by atoms with Gasteiger partial charge in [0.05, 0.1) is 65.1 Å². The smallest absolute Gasteiger partial charge is 0.0936 e. The van der Waals surface area contributed by atoms with Crippen LogP contribution in [0.2, 0.25) is 0 Å². The lowest BCUT2D eigenvalue weighted by molar-refractivity contribution is -0.0739. The number of benzene rings is 2. The van der Waals surface area contributed by atoms with Gasteiger partial charge in [0.25, 0.3) is 0 Å². The maximum absolute atomic E-state index is 6.31. The first kappa shape index (κ1) is 26.5. The first-order valence-electron chi connectivity index (χ1n) is 11.6. The van der Waals surface area contributed by atoms with Crippen LogP contribution in [0.25, 0.3) is 0 Å². The van der Waals surface area contributed by atoms with Crippen LogP contribution < -0.4 is 0 Å². The van der Waals surface area contributed by atoms with E-state index in [0.717, 1.165) is 23.0 Å². The molecule has 2 aromatic carbocycles. The van der Waals surface area contributed by atoms with Crippen LogP contribution >= 0.6 is 23.5 Å². The van der Waals surface area contributed by atoms with Crippen molar-refractivity contribution in [2.45, 2.75) is 23.7 Å². The Balaban J connectivity index is 1.56. The normalized spacial score (nSPS) is 21.7. The largest absolute Gasteiger partial charge is 0.377 e. The maximum atomic E-state index is 6.31. The molecule has 0 spiro atoms. The van der Waals surface area contributed by atoms with E-state index in [4.69, 9.17) is 23.7 Å². The van der Waals surface area contributed by atoms with Crippen molar-refractivity contribution < 1.29 is 23.7 Å². The maximum Gasteiger partial charge on any atom is 0.0936 e. The van der Waals surface area contributed by atoms with Gasteiger partial charge in [-0.3, -0.25) is 0 Å². The Hall–Kier alpha value is -1.06. The number of thioether (sulfide) groups is 2. The van der Waals surface area contributed by atoms with Crippen LogP contribution in [-0.4, -0.2) is 76.6 Å². The second-order valence-corrected chi connectivity index (χ2v) is 9.72. The fourth-order valence-corrected chi connectivity index (χ4v) is 5.50. The third-order valence-electron chi connectivity index (χ3n) is 5.07. The molecule has 0 N–H and O–H groups in total. The summed E-state index contributed by atoms with van der Waals surface area (Å²) in [5.74, 6) is 3.66. The minimum Gasteiger partial charge on any atom is -0.377 e. The highest BCUT2D eigenvalue weighted by Gasteiger charge is 2.24. The van der Waals surface area contributed by atoms with E-state index in [1.165, 1.54) is 11.1 Å². The third-order valence-corrected chi connectivity index (χ3v) is 7.27. The van der Waals surface area contributed by atoms with Gasteiger partial charge < -0.3 is 23.7 Å². The van der Waals surface area contributed by atoms with Crippen LogP contribution in [0.3, 0.4) is 0 Å². The van der Waals surface area contributed by atoms with E-state index in [9.17, 15) is 0 Å². The lowest BCUT2D eigenvalue weighted by atomic mass is 10.2. The van der Waals surface area contributed by atoms with Gasteiger partial charge in [0, 0.05) is 23.0 Å². The van der Waals surface area contributed by atoms with E-state index in [1.807, 2.05) is 23.5 Å². The zero-order valence-corrected chi connectivity index (χ0v) is 20.9. The third kappa shape index (κ3) is 11.8. The molecule has 0 aliphatic carbocycles. The summed E-state index contributed by atoms with van der Waals surface area (Å²) in [6, 6.07) is 21.1. The summed E-state index contributed by atoms with van der Waals surface area (Å²) in [5.41, 5.74) is 2.65. The highest BCUT2D eigenvalue weighted by atomic mass is 32.2. The summed E-state index contributed by atoms with van der Waals surface area (Å²) in [6.07, 6.45) is -0.0149. The quantitative estimate of drug-likeness (QED) is 0.530. The van der Waals surface area contributed by atoms with Crippen molar-refractivity contribution in [1.29, 1.82) is 0 Å². The minimum atomic E-state index is -0.00744. The van der Waals surface area contributed by atoms with E-state index < -0.39 is 0 Å². The average Bonchev–Trinajstić information content (AvgIpc) is 2.86. The molecule has 0 radical (unpaired) electrons. The molecule has 0 unspecified atom stereocenters. The predicted molar refractivity (Wildman–Crippen MR) is 137 cm³/mol. The molecule has 5 nitrogen and oxygen atoms in total. The van der Waals surface area contributed by atoms with Crippen molar-refractivity contribution >= 4 is 23.5 Å². The van der Waals surface area contributed by atoms with Crippen LogP contribution in [0, 0.1) is 0 Å². The fourth-order valence-electron chi connectivity index (χ4n) is 3.32. The number of ether oxygens (including phenoxy) is 5. The number of hydrogen-bond acceptors (Lipinski definition) is 7. The molecule has 1 saturated heterocycles. The molecule has 33 heavy (non-hydrogen) atoms. The second kappa shape index (κ2) is 17.4. The van der Waals surface area contributed by atoms with Gasteiger partial charge >= 0.3 is 0 Å². The van der Waals surface area contributed by atoms with Gasteiger partial charge in [0.1, 0.15) is 0 Å². The molecule has 2 atom stereocenters. The van der Waals surface area contributed by atoms with Gasteiger partial charge in [-0.2, -0.15) is 23.5 Å². The van der Waals surface area contributed by atoms with Crippen molar-refractivity contribution in [1.82, 2.24) is 0 Å². The van der Waals surface area contributed by atoms with Crippen LogP contribution in [0.5, 0.6) is 0 Å². The fraction of sp³-hybridized carbons (Fsp3) is 0.538. The van der Waals surface area contributed by atoms with E-state index in [-0.39, 0.29) is 12.2 Å². The Labute approximate surface area is 206 Å². The Morgan fingerprint density at radius 3 is 1.27 bits per heavy atom. The molecule has 7 heteroatoms. The molecule has 1 aliphatic rings. The molecule has 1 aliphatic heterocycles. The Bertz CT molecular complexity index is 658. The first-order chi connectivity index (χ1) is 16.4. The molecule has 1 heterocycles. The van der Waals surface area contributed by atoms with Crippen molar-refractivity contribution in [2.75, 3.05) is 64.4 Å². The highest BCUT2D eigenvalue weighted by molar-refractivity contribution is 7.98.